The summed E-state index contributed by atoms with van der Waals surface area (Å²) in [7, 11) is 1.61. The summed E-state index contributed by atoms with van der Waals surface area (Å²) in [5.74, 6) is 0.219. The molecule has 0 saturated heterocycles. The number of thioether (sulfide) groups is 1. The number of methoxy groups -OCH3 is 1. The van der Waals surface area contributed by atoms with Gasteiger partial charge in [-0.15, -0.1) is 23.1 Å². The van der Waals surface area contributed by atoms with Crippen molar-refractivity contribution in [3.05, 3.63) is 64.5 Å². The van der Waals surface area contributed by atoms with Crippen molar-refractivity contribution in [3.63, 3.8) is 0 Å². The molecule has 0 spiro atoms. The van der Waals surface area contributed by atoms with Crippen molar-refractivity contribution in [1.82, 2.24) is 0 Å². The van der Waals surface area contributed by atoms with E-state index < -0.39 is 0 Å². The van der Waals surface area contributed by atoms with Gasteiger partial charge in [0.15, 0.2) is 5.11 Å². The molecule has 3 aromatic rings. The molecule has 2 aromatic carbocycles. The van der Waals surface area contributed by atoms with Gasteiger partial charge in [0, 0.05) is 15.5 Å². The summed E-state index contributed by atoms with van der Waals surface area (Å²) in [6.45, 7) is 4.09. The Balaban J connectivity index is 1.45. The fourth-order valence-corrected chi connectivity index (χ4v) is 7.13. The van der Waals surface area contributed by atoms with Crippen LogP contribution in [0, 0.1) is 0 Å². The lowest BCUT2D eigenvalue weighted by molar-refractivity contribution is -0.115. The Labute approximate surface area is 249 Å². The Morgan fingerprint density at radius 2 is 1.82 bits per heavy atom. The minimum Gasteiger partial charge on any atom is -0.495 e. The molecule has 0 aliphatic heterocycles. The third-order valence-electron chi connectivity index (χ3n) is 6.53. The largest absolute Gasteiger partial charge is 0.495 e. The van der Waals surface area contributed by atoms with Gasteiger partial charge in [-0.3, -0.25) is 4.79 Å². The highest BCUT2D eigenvalue weighted by Crippen LogP contribution is 2.39. The van der Waals surface area contributed by atoms with Crippen LogP contribution in [-0.4, -0.2) is 36.0 Å². The number of anilines is 3. The molecular weight excluding hydrogens is 563 g/mol. The number of ether oxygens (including phenoxy) is 2. The van der Waals surface area contributed by atoms with E-state index in [9.17, 15) is 9.59 Å². The first kappa shape index (κ1) is 29.9. The Morgan fingerprint density at radius 1 is 1.02 bits per heavy atom. The summed E-state index contributed by atoms with van der Waals surface area (Å²) in [6, 6.07) is 15.3. The minimum atomic E-state index is -0.352. The van der Waals surface area contributed by atoms with E-state index in [-0.39, 0.29) is 17.1 Å². The molecule has 4 rings (SSSR count). The van der Waals surface area contributed by atoms with Crippen molar-refractivity contribution >= 4 is 68.7 Å². The van der Waals surface area contributed by atoms with Crippen molar-refractivity contribution in [2.24, 2.45) is 0 Å². The fraction of sp³-hybridized carbons (Fsp3) is 0.367. The van der Waals surface area contributed by atoms with Crippen LogP contribution in [0.5, 0.6) is 5.75 Å². The van der Waals surface area contributed by atoms with Gasteiger partial charge in [0.1, 0.15) is 10.8 Å². The number of hydrogen-bond acceptors (Lipinski definition) is 7. The van der Waals surface area contributed by atoms with Crippen LogP contribution in [0.1, 0.15) is 60.3 Å². The number of amides is 1. The normalized spacial score (nSPS) is 13.4. The zero-order valence-corrected chi connectivity index (χ0v) is 25.5. The molecule has 7 nitrogen and oxygen atoms in total. The van der Waals surface area contributed by atoms with Crippen LogP contribution >= 0.6 is 35.3 Å². The molecule has 1 aliphatic rings. The number of aryl methyl sites for hydroxylation is 1. The van der Waals surface area contributed by atoms with E-state index in [4.69, 9.17) is 21.7 Å². The number of carbonyl (C=O) groups excluding carboxylic acids is 2. The monoisotopic (exact) mass is 597 g/mol. The van der Waals surface area contributed by atoms with Crippen molar-refractivity contribution in [3.8, 4) is 5.75 Å². The number of thiophene rings is 1. The minimum absolute atomic E-state index is 0.124. The summed E-state index contributed by atoms with van der Waals surface area (Å²) in [5, 5.41) is 10.2. The highest BCUT2D eigenvalue weighted by atomic mass is 32.2. The van der Waals surface area contributed by atoms with E-state index >= 15 is 0 Å². The van der Waals surface area contributed by atoms with Gasteiger partial charge in [0.25, 0.3) is 0 Å². The molecule has 1 aromatic heterocycles. The number of thiocarbonyl (C=S) groups is 1. The maximum atomic E-state index is 13.5. The molecule has 1 amide bonds. The number of rotatable bonds is 10. The fourth-order valence-electron chi connectivity index (χ4n) is 4.61. The van der Waals surface area contributed by atoms with Gasteiger partial charge in [0.05, 0.1) is 30.2 Å². The number of carbonyl (C=O) groups is 2. The highest BCUT2D eigenvalue weighted by molar-refractivity contribution is 8.00. The van der Waals surface area contributed by atoms with Crippen LogP contribution in [0.25, 0.3) is 0 Å². The van der Waals surface area contributed by atoms with Crippen molar-refractivity contribution in [2.75, 3.05) is 29.7 Å². The van der Waals surface area contributed by atoms with Gasteiger partial charge in [-0.1, -0.05) is 31.5 Å². The molecule has 0 saturated carbocycles. The van der Waals surface area contributed by atoms with Gasteiger partial charge in [-0.2, -0.15) is 0 Å². The second kappa shape index (κ2) is 14.5. The van der Waals surface area contributed by atoms with Gasteiger partial charge >= 0.3 is 5.97 Å². The van der Waals surface area contributed by atoms with Crippen molar-refractivity contribution < 1.29 is 19.1 Å². The summed E-state index contributed by atoms with van der Waals surface area (Å²) in [4.78, 5) is 28.5. The van der Waals surface area contributed by atoms with E-state index in [2.05, 4.69) is 16.0 Å². The van der Waals surface area contributed by atoms with Gasteiger partial charge in [0.2, 0.25) is 5.91 Å². The maximum Gasteiger partial charge on any atom is 0.341 e. The standard InChI is InChI=1S/C30H35N3O4S3/c1-4-24(27(34)33-28-26(29(35)37-5-2)21-14-7-6-8-17-25(21)40-28)39-20-13-11-12-19(18-20)31-30(38)32-22-15-9-10-16-23(22)36-3/h9-13,15-16,18,24H,4-8,14,17H2,1-3H3,(H,33,34)(H2,31,32,38). The number of hydrogen-bond donors (Lipinski definition) is 3. The van der Waals surface area contributed by atoms with Gasteiger partial charge in [-0.05, 0) is 87.1 Å². The average Bonchev–Trinajstić information content (AvgIpc) is 3.12. The number of fused-ring (bicyclic) bond motifs is 1. The Hall–Kier alpha value is -3.08. The third kappa shape index (κ3) is 7.56. The third-order valence-corrected chi connectivity index (χ3v) is 9.30. The maximum absolute atomic E-state index is 13.5. The topological polar surface area (TPSA) is 88.7 Å². The molecule has 0 bridgehead atoms. The molecule has 1 heterocycles. The number of nitrogens with one attached hydrogen (secondary N) is 3. The predicted molar refractivity (Wildman–Crippen MR) is 169 cm³/mol. The molecule has 1 unspecified atom stereocenters. The van der Waals surface area contributed by atoms with E-state index in [0.29, 0.717) is 34.5 Å². The Bertz CT molecular complexity index is 1360. The highest BCUT2D eigenvalue weighted by Gasteiger charge is 2.28. The Morgan fingerprint density at radius 3 is 2.60 bits per heavy atom. The zero-order valence-electron chi connectivity index (χ0n) is 23.0. The summed E-state index contributed by atoms with van der Waals surface area (Å²) in [5.41, 5.74) is 3.16. The van der Waals surface area contributed by atoms with E-state index in [1.807, 2.05) is 55.5 Å². The molecule has 1 atom stereocenters. The quantitative estimate of drug-likeness (QED) is 0.0957. The van der Waals surface area contributed by atoms with Crippen LogP contribution in [0.2, 0.25) is 0 Å². The number of benzene rings is 2. The molecule has 212 valence electrons. The molecule has 1 aliphatic carbocycles. The van der Waals surface area contributed by atoms with Crippen LogP contribution < -0.4 is 20.7 Å². The second-order valence-corrected chi connectivity index (χ2v) is 12.1. The first-order chi connectivity index (χ1) is 19.4. The zero-order chi connectivity index (χ0) is 28.5. The summed E-state index contributed by atoms with van der Waals surface area (Å²) >= 11 is 8.51. The van der Waals surface area contributed by atoms with Crippen molar-refractivity contribution in [1.29, 1.82) is 0 Å². The lowest BCUT2D eigenvalue weighted by Gasteiger charge is -2.16. The van der Waals surface area contributed by atoms with Crippen LogP contribution in [-0.2, 0) is 22.4 Å². The predicted octanol–water partition coefficient (Wildman–Crippen LogP) is 7.52. The first-order valence-corrected chi connectivity index (χ1v) is 15.6. The summed E-state index contributed by atoms with van der Waals surface area (Å²) in [6.07, 6.45) is 5.69. The molecule has 0 radical (unpaired) electrons. The molecule has 10 heteroatoms. The molecule has 40 heavy (non-hydrogen) atoms. The molecular formula is C30H35N3O4S3. The lowest BCUT2D eigenvalue weighted by atomic mass is 10.1. The average molecular weight is 598 g/mol. The van der Waals surface area contributed by atoms with E-state index in [0.717, 1.165) is 53.9 Å². The van der Waals surface area contributed by atoms with Gasteiger partial charge in [-0.25, -0.2) is 4.79 Å². The molecule has 3 N–H and O–H groups in total. The smallest absolute Gasteiger partial charge is 0.341 e. The van der Waals surface area contributed by atoms with Crippen LogP contribution in [0.4, 0.5) is 16.4 Å². The van der Waals surface area contributed by atoms with Gasteiger partial charge < -0.3 is 25.4 Å². The van der Waals surface area contributed by atoms with E-state index in [1.54, 1.807) is 14.0 Å². The Kier molecular flexibility index (Phi) is 10.9. The van der Waals surface area contributed by atoms with Crippen LogP contribution in [0.15, 0.2) is 53.4 Å². The lowest BCUT2D eigenvalue weighted by Crippen LogP contribution is -2.25. The SMILES string of the molecule is CCOC(=O)c1c(NC(=O)C(CC)Sc2cccc(NC(=S)Nc3ccccc3OC)c2)sc2c1CCCCC2. The summed E-state index contributed by atoms with van der Waals surface area (Å²) < 4.78 is 10.8. The molecule has 0 fully saturated rings. The second-order valence-electron chi connectivity index (χ2n) is 9.30. The van der Waals surface area contributed by atoms with E-state index in [1.165, 1.54) is 28.0 Å². The number of para-hydroxylation sites is 2. The first-order valence-electron chi connectivity index (χ1n) is 13.5. The van der Waals surface area contributed by atoms with Crippen LogP contribution in [0.3, 0.4) is 0 Å². The van der Waals surface area contributed by atoms with Crippen molar-refractivity contribution in [2.45, 2.75) is 62.5 Å². The number of esters is 1.